The van der Waals surface area contributed by atoms with Crippen molar-refractivity contribution in [1.29, 1.82) is 0 Å². The molecule has 2 aliphatic heterocycles. The fraction of sp³-hybridized carbons (Fsp3) is 0.533. The molecule has 0 saturated carbocycles. The molecule has 1 aromatic carbocycles. The number of carbonyl (C=O) groups is 1. The highest BCUT2D eigenvalue weighted by Gasteiger charge is 2.38. The minimum absolute atomic E-state index is 0. The van der Waals surface area contributed by atoms with Crippen LogP contribution in [0.25, 0.3) is 0 Å². The Morgan fingerprint density at radius 3 is 2.43 bits per heavy atom. The minimum atomic E-state index is -3.36. The highest BCUT2D eigenvalue weighted by Crippen LogP contribution is 2.28. The van der Waals surface area contributed by atoms with Crippen molar-refractivity contribution in [2.75, 3.05) is 37.2 Å². The molecule has 3 rings (SSSR count). The highest BCUT2D eigenvalue weighted by atomic mass is 35.5. The quantitative estimate of drug-likeness (QED) is 0.846. The van der Waals surface area contributed by atoms with Crippen LogP contribution in [0.4, 0.5) is 5.69 Å². The molecule has 2 N–H and O–H groups in total. The van der Waals surface area contributed by atoms with Gasteiger partial charge in [-0.05, 0) is 36.5 Å². The minimum Gasteiger partial charge on any atom is -0.338 e. The zero-order chi connectivity index (χ0) is 15.9. The number of fused-ring (bicyclic) bond motifs is 1. The summed E-state index contributed by atoms with van der Waals surface area (Å²) >= 11 is 0. The first kappa shape index (κ1) is 18.0. The van der Waals surface area contributed by atoms with Gasteiger partial charge >= 0.3 is 0 Å². The average Bonchev–Trinajstić information content (AvgIpc) is 2.99. The second-order valence-corrected chi connectivity index (χ2v) is 8.04. The number of hydrogen-bond acceptors (Lipinski definition) is 4. The Hall–Kier alpha value is -1.31. The Morgan fingerprint density at radius 1 is 1.26 bits per heavy atom. The SMILES string of the molecule is Cc1ccc(C(=O)N2C[C@H]3CNC[C@H]3C2)cc1NS(C)(=O)=O.Cl. The van der Waals surface area contributed by atoms with Crippen molar-refractivity contribution in [2.45, 2.75) is 6.92 Å². The van der Waals surface area contributed by atoms with Crippen LogP contribution in [0.2, 0.25) is 0 Å². The molecule has 0 unspecified atom stereocenters. The van der Waals surface area contributed by atoms with E-state index in [2.05, 4.69) is 10.0 Å². The summed E-state index contributed by atoms with van der Waals surface area (Å²) in [5.74, 6) is 1.07. The molecule has 128 valence electrons. The molecular formula is C15H22ClN3O3S. The Kier molecular flexibility index (Phi) is 5.23. The average molecular weight is 360 g/mol. The molecule has 2 aliphatic rings. The largest absolute Gasteiger partial charge is 0.338 e. The number of amides is 1. The number of halogens is 1. The van der Waals surface area contributed by atoms with Gasteiger partial charge in [0.05, 0.1) is 11.9 Å². The van der Waals surface area contributed by atoms with Gasteiger partial charge in [0.15, 0.2) is 0 Å². The smallest absolute Gasteiger partial charge is 0.253 e. The Labute approximate surface area is 143 Å². The number of nitrogens with zero attached hydrogens (tertiary/aromatic N) is 1. The number of likely N-dealkylation sites (tertiary alicyclic amines) is 1. The first-order valence-corrected chi connectivity index (χ1v) is 9.31. The summed E-state index contributed by atoms with van der Waals surface area (Å²) in [6.07, 6.45) is 1.11. The van der Waals surface area contributed by atoms with E-state index in [1.165, 1.54) is 0 Å². The predicted molar refractivity (Wildman–Crippen MR) is 92.6 cm³/mol. The third kappa shape index (κ3) is 3.97. The van der Waals surface area contributed by atoms with Gasteiger partial charge in [-0.15, -0.1) is 12.4 Å². The molecule has 2 fully saturated rings. The van der Waals surface area contributed by atoms with Crippen LogP contribution in [0.3, 0.4) is 0 Å². The molecular weight excluding hydrogens is 338 g/mol. The van der Waals surface area contributed by atoms with Gasteiger partial charge in [0.25, 0.3) is 5.91 Å². The normalized spacial score (nSPS) is 23.3. The van der Waals surface area contributed by atoms with E-state index in [-0.39, 0.29) is 18.3 Å². The maximum Gasteiger partial charge on any atom is 0.253 e. The molecule has 2 saturated heterocycles. The van der Waals surface area contributed by atoms with Crippen LogP contribution < -0.4 is 10.0 Å². The lowest BCUT2D eigenvalue weighted by Gasteiger charge is -2.18. The van der Waals surface area contributed by atoms with E-state index < -0.39 is 10.0 Å². The van der Waals surface area contributed by atoms with Crippen molar-refractivity contribution < 1.29 is 13.2 Å². The standard InChI is InChI=1S/C15H21N3O3S.ClH/c1-10-3-4-11(5-14(10)17-22(2,20)21)15(19)18-8-12-6-16-7-13(12)9-18;/h3-5,12-13,16-17H,6-9H2,1-2H3;1H/t12-,13+;. The number of hydrogen-bond donors (Lipinski definition) is 2. The van der Waals surface area contributed by atoms with Crippen LogP contribution >= 0.6 is 12.4 Å². The molecule has 8 heteroatoms. The van der Waals surface area contributed by atoms with Crippen molar-refractivity contribution >= 4 is 34.0 Å². The van der Waals surface area contributed by atoms with E-state index in [4.69, 9.17) is 0 Å². The van der Waals surface area contributed by atoms with Gasteiger partial charge < -0.3 is 10.2 Å². The van der Waals surface area contributed by atoms with Gasteiger partial charge in [-0.25, -0.2) is 8.42 Å². The van der Waals surface area contributed by atoms with E-state index in [1.54, 1.807) is 18.2 Å². The first-order chi connectivity index (χ1) is 10.3. The van der Waals surface area contributed by atoms with Crippen molar-refractivity contribution in [3.05, 3.63) is 29.3 Å². The van der Waals surface area contributed by atoms with E-state index in [0.717, 1.165) is 38.0 Å². The third-order valence-corrected chi connectivity index (χ3v) is 5.05. The van der Waals surface area contributed by atoms with Crippen LogP contribution in [-0.4, -0.2) is 51.7 Å². The maximum atomic E-state index is 12.6. The van der Waals surface area contributed by atoms with Gasteiger partial charge in [-0.2, -0.15) is 0 Å². The van der Waals surface area contributed by atoms with Gasteiger partial charge in [0.2, 0.25) is 10.0 Å². The third-order valence-electron chi connectivity index (χ3n) is 4.46. The number of aryl methyl sites for hydroxylation is 1. The summed E-state index contributed by atoms with van der Waals surface area (Å²) in [4.78, 5) is 14.5. The number of anilines is 1. The van der Waals surface area contributed by atoms with Gasteiger partial charge in [0.1, 0.15) is 0 Å². The zero-order valence-electron chi connectivity index (χ0n) is 13.2. The summed E-state index contributed by atoms with van der Waals surface area (Å²) in [6.45, 7) is 5.32. The molecule has 2 atom stereocenters. The van der Waals surface area contributed by atoms with E-state index >= 15 is 0 Å². The van der Waals surface area contributed by atoms with Crippen LogP contribution in [0, 0.1) is 18.8 Å². The fourth-order valence-electron chi connectivity index (χ4n) is 3.27. The number of rotatable bonds is 3. The second kappa shape index (κ2) is 6.67. The molecule has 2 heterocycles. The summed E-state index contributed by atoms with van der Waals surface area (Å²) in [5.41, 5.74) is 1.79. The Bertz CT molecular complexity index is 696. The van der Waals surface area contributed by atoms with Crippen LogP contribution in [0.1, 0.15) is 15.9 Å². The van der Waals surface area contributed by atoms with Crippen molar-refractivity contribution in [1.82, 2.24) is 10.2 Å². The number of nitrogens with one attached hydrogen (secondary N) is 2. The lowest BCUT2D eigenvalue weighted by atomic mass is 10.0. The van der Waals surface area contributed by atoms with E-state index in [9.17, 15) is 13.2 Å². The number of carbonyl (C=O) groups excluding carboxylic acids is 1. The van der Waals surface area contributed by atoms with Crippen molar-refractivity contribution in [3.63, 3.8) is 0 Å². The van der Waals surface area contributed by atoms with Crippen molar-refractivity contribution in [2.24, 2.45) is 11.8 Å². The molecule has 0 spiro atoms. The molecule has 23 heavy (non-hydrogen) atoms. The van der Waals surface area contributed by atoms with Crippen LogP contribution in [0.15, 0.2) is 18.2 Å². The van der Waals surface area contributed by atoms with E-state index in [1.807, 2.05) is 11.8 Å². The van der Waals surface area contributed by atoms with Crippen molar-refractivity contribution in [3.8, 4) is 0 Å². The Morgan fingerprint density at radius 2 is 1.87 bits per heavy atom. The van der Waals surface area contributed by atoms with Gasteiger partial charge in [-0.3, -0.25) is 9.52 Å². The molecule has 0 bridgehead atoms. The number of benzene rings is 1. The lowest BCUT2D eigenvalue weighted by molar-refractivity contribution is 0.0781. The van der Waals surface area contributed by atoms with Crippen LogP contribution in [0.5, 0.6) is 0 Å². The molecule has 0 aromatic heterocycles. The second-order valence-electron chi connectivity index (χ2n) is 6.29. The summed E-state index contributed by atoms with van der Waals surface area (Å²) in [6, 6.07) is 5.17. The molecule has 1 amide bonds. The lowest BCUT2D eigenvalue weighted by Crippen LogP contribution is -2.31. The molecule has 6 nitrogen and oxygen atoms in total. The molecule has 0 radical (unpaired) electrons. The number of sulfonamides is 1. The predicted octanol–water partition coefficient (Wildman–Crippen LogP) is 1.08. The zero-order valence-corrected chi connectivity index (χ0v) is 14.8. The monoisotopic (exact) mass is 359 g/mol. The Balaban J connectivity index is 0.00000192. The molecule has 1 aromatic rings. The maximum absolute atomic E-state index is 12.6. The first-order valence-electron chi connectivity index (χ1n) is 7.42. The van der Waals surface area contributed by atoms with Gasteiger partial charge in [0, 0.05) is 31.7 Å². The fourth-order valence-corrected chi connectivity index (χ4v) is 3.89. The van der Waals surface area contributed by atoms with E-state index in [0.29, 0.717) is 23.1 Å². The highest BCUT2D eigenvalue weighted by molar-refractivity contribution is 7.92. The van der Waals surface area contributed by atoms with Crippen LogP contribution in [-0.2, 0) is 10.0 Å². The topological polar surface area (TPSA) is 78.5 Å². The molecule has 0 aliphatic carbocycles. The van der Waals surface area contributed by atoms with Gasteiger partial charge in [-0.1, -0.05) is 6.07 Å². The summed E-state index contributed by atoms with van der Waals surface area (Å²) in [7, 11) is -3.36. The summed E-state index contributed by atoms with van der Waals surface area (Å²) < 4.78 is 25.3. The summed E-state index contributed by atoms with van der Waals surface area (Å²) in [5, 5.41) is 3.35.